The van der Waals surface area contributed by atoms with E-state index in [1.54, 1.807) is 5.57 Å². The van der Waals surface area contributed by atoms with Crippen LogP contribution in [0.15, 0.2) is 66.2 Å². The average molecular weight is 318 g/mol. The lowest BCUT2D eigenvalue weighted by Gasteiger charge is -2.34. The Bertz CT molecular complexity index is 780. The fourth-order valence-electron chi connectivity index (χ4n) is 4.66. The second-order valence-corrected chi connectivity index (χ2v) is 7.21. The van der Waals surface area contributed by atoms with Crippen molar-refractivity contribution in [3.63, 3.8) is 0 Å². The summed E-state index contributed by atoms with van der Waals surface area (Å²) in [6.07, 6.45) is 6.38. The second-order valence-electron chi connectivity index (χ2n) is 7.21. The van der Waals surface area contributed by atoms with E-state index in [2.05, 4.69) is 54.6 Å². The van der Waals surface area contributed by atoms with Crippen LogP contribution in [0.4, 0.5) is 0 Å². The summed E-state index contributed by atoms with van der Waals surface area (Å²) in [6, 6.07) is 19.1. The summed E-state index contributed by atoms with van der Waals surface area (Å²) < 4.78 is 12.7. The molecule has 0 aromatic heterocycles. The summed E-state index contributed by atoms with van der Waals surface area (Å²) >= 11 is 0. The minimum absolute atomic E-state index is 0.226. The van der Waals surface area contributed by atoms with Gasteiger partial charge in [-0.1, -0.05) is 60.2 Å². The number of benzene rings is 2. The van der Waals surface area contributed by atoms with Crippen LogP contribution in [0.2, 0.25) is 0 Å². The first-order chi connectivity index (χ1) is 11.9. The van der Waals surface area contributed by atoms with E-state index in [9.17, 15) is 0 Å². The van der Waals surface area contributed by atoms with E-state index >= 15 is 0 Å². The highest BCUT2D eigenvalue weighted by atomic mass is 16.6. The van der Waals surface area contributed by atoms with Crippen molar-refractivity contribution in [3.8, 4) is 0 Å². The Balaban J connectivity index is 1.45. The van der Waals surface area contributed by atoms with Crippen molar-refractivity contribution in [2.24, 2.45) is 5.92 Å². The predicted octanol–water partition coefficient (Wildman–Crippen LogP) is 4.91. The molecule has 2 nitrogen and oxygen atoms in total. The molecule has 2 heteroatoms. The molecule has 2 bridgehead atoms. The van der Waals surface area contributed by atoms with Crippen LogP contribution in [-0.4, -0.2) is 6.61 Å². The Kier molecular flexibility index (Phi) is 3.36. The molecule has 1 saturated carbocycles. The quantitative estimate of drug-likeness (QED) is 0.746. The molecule has 0 spiro atoms. The molecule has 0 radical (unpaired) electrons. The summed E-state index contributed by atoms with van der Waals surface area (Å²) in [5, 5.41) is 0. The van der Waals surface area contributed by atoms with E-state index in [-0.39, 0.29) is 11.7 Å². The van der Waals surface area contributed by atoms with Gasteiger partial charge < -0.3 is 9.47 Å². The minimum atomic E-state index is -0.383. The SMILES string of the molecule is C1=C2CCC[C@@H]2[C@@H]2O[C@@]1(COCc1ccccc1)c1ccccc12. The molecular weight excluding hydrogens is 296 g/mol. The smallest absolute Gasteiger partial charge is 0.136 e. The molecule has 0 N–H and O–H groups in total. The number of hydrogen-bond donors (Lipinski definition) is 0. The zero-order valence-corrected chi connectivity index (χ0v) is 13.8. The van der Waals surface area contributed by atoms with Gasteiger partial charge in [0.2, 0.25) is 0 Å². The molecule has 1 fully saturated rings. The van der Waals surface area contributed by atoms with Crippen molar-refractivity contribution >= 4 is 0 Å². The molecule has 0 unspecified atom stereocenters. The Labute approximate surface area is 143 Å². The predicted molar refractivity (Wildman–Crippen MR) is 93.5 cm³/mol. The summed E-state index contributed by atoms with van der Waals surface area (Å²) in [6.45, 7) is 1.22. The Morgan fingerprint density at radius 3 is 2.79 bits per heavy atom. The van der Waals surface area contributed by atoms with Gasteiger partial charge in [0.25, 0.3) is 0 Å². The average Bonchev–Trinajstić information content (AvgIpc) is 3.19. The van der Waals surface area contributed by atoms with Crippen LogP contribution >= 0.6 is 0 Å². The summed E-state index contributed by atoms with van der Waals surface area (Å²) in [4.78, 5) is 0. The third-order valence-corrected chi connectivity index (χ3v) is 5.73. The summed E-state index contributed by atoms with van der Waals surface area (Å²) in [5.74, 6) is 0.580. The maximum Gasteiger partial charge on any atom is 0.136 e. The van der Waals surface area contributed by atoms with Crippen molar-refractivity contribution in [1.82, 2.24) is 0 Å². The first-order valence-corrected chi connectivity index (χ1v) is 8.96. The van der Waals surface area contributed by atoms with E-state index in [0.29, 0.717) is 19.1 Å². The van der Waals surface area contributed by atoms with Gasteiger partial charge in [0.15, 0.2) is 0 Å². The largest absolute Gasteiger partial charge is 0.373 e. The van der Waals surface area contributed by atoms with Crippen LogP contribution in [0.5, 0.6) is 0 Å². The van der Waals surface area contributed by atoms with Gasteiger partial charge in [-0.2, -0.15) is 0 Å². The molecule has 122 valence electrons. The highest BCUT2D eigenvalue weighted by molar-refractivity contribution is 5.47. The fraction of sp³-hybridized carbons (Fsp3) is 0.364. The molecule has 24 heavy (non-hydrogen) atoms. The van der Waals surface area contributed by atoms with E-state index in [4.69, 9.17) is 9.47 Å². The molecule has 2 aliphatic heterocycles. The number of hydrogen-bond acceptors (Lipinski definition) is 2. The fourth-order valence-corrected chi connectivity index (χ4v) is 4.66. The summed E-state index contributed by atoms with van der Waals surface area (Å²) in [7, 11) is 0. The van der Waals surface area contributed by atoms with Crippen molar-refractivity contribution < 1.29 is 9.47 Å². The lowest BCUT2D eigenvalue weighted by Crippen LogP contribution is -2.34. The highest BCUT2D eigenvalue weighted by Gasteiger charge is 2.51. The molecular formula is C22H22O2. The van der Waals surface area contributed by atoms with Gasteiger partial charge in [0.1, 0.15) is 5.60 Å². The van der Waals surface area contributed by atoms with Gasteiger partial charge in [-0.3, -0.25) is 0 Å². The first kappa shape index (κ1) is 14.4. The molecule has 1 aliphatic carbocycles. The van der Waals surface area contributed by atoms with E-state index in [1.165, 1.54) is 36.0 Å². The minimum Gasteiger partial charge on any atom is -0.373 e. The zero-order valence-electron chi connectivity index (χ0n) is 13.8. The molecule has 5 rings (SSSR count). The molecule has 3 atom stereocenters. The second kappa shape index (κ2) is 5.58. The van der Waals surface area contributed by atoms with Crippen LogP contribution in [0.3, 0.4) is 0 Å². The van der Waals surface area contributed by atoms with Gasteiger partial charge in [-0.25, -0.2) is 0 Å². The molecule has 2 heterocycles. The van der Waals surface area contributed by atoms with Crippen LogP contribution in [-0.2, 0) is 21.7 Å². The molecule has 3 aliphatic rings. The van der Waals surface area contributed by atoms with E-state index < -0.39 is 0 Å². The van der Waals surface area contributed by atoms with Crippen molar-refractivity contribution in [1.29, 1.82) is 0 Å². The van der Waals surface area contributed by atoms with Crippen molar-refractivity contribution in [2.45, 2.75) is 37.6 Å². The molecule has 0 saturated heterocycles. The summed E-state index contributed by atoms with van der Waals surface area (Å²) in [5.41, 5.74) is 5.10. The van der Waals surface area contributed by atoms with Crippen LogP contribution in [0.25, 0.3) is 0 Å². The van der Waals surface area contributed by atoms with Gasteiger partial charge >= 0.3 is 0 Å². The number of fused-ring (bicyclic) bond motifs is 7. The van der Waals surface area contributed by atoms with Gasteiger partial charge in [-0.15, -0.1) is 0 Å². The van der Waals surface area contributed by atoms with Gasteiger partial charge in [0.05, 0.1) is 19.3 Å². The van der Waals surface area contributed by atoms with Crippen molar-refractivity contribution in [3.05, 3.63) is 82.9 Å². The zero-order chi connectivity index (χ0) is 16.0. The lowest BCUT2D eigenvalue weighted by atomic mass is 9.91. The van der Waals surface area contributed by atoms with Gasteiger partial charge in [0, 0.05) is 5.92 Å². The molecule has 2 aromatic rings. The third-order valence-electron chi connectivity index (χ3n) is 5.73. The Morgan fingerprint density at radius 2 is 1.88 bits per heavy atom. The molecule has 2 aromatic carbocycles. The maximum atomic E-state index is 6.61. The monoisotopic (exact) mass is 318 g/mol. The first-order valence-electron chi connectivity index (χ1n) is 8.96. The maximum absolute atomic E-state index is 6.61. The lowest BCUT2D eigenvalue weighted by molar-refractivity contribution is -0.116. The topological polar surface area (TPSA) is 18.5 Å². The number of ether oxygens (including phenoxy) is 2. The van der Waals surface area contributed by atoms with Crippen LogP contribution < -0.4 is 0 Å². The van der Waals surface area contributed by atoms with Crippen molar-refractivity contribution in [2.75, 3.05) is 6.61 Å². The highest BCUT2D eigenvalue weighted by Crippen LogP contribution is 2.57. The normalized spacial score (nSPS) is 29.9. The van der Waals surface area contributed by atoms with Crippen LogP contribution in [0.1, 0.15) is 42.1 Å². The van der Waals surface area contributed by atoms with E-state index in [0.717, 1.165) is 0 Å². The Morgan fingerprint density at radius 1 is 1.04 bits per heavy atom. The van der Waals surface area contributed by atoms with Gasteiger partial charge in [-0.05, 0) is 42.0 Å². The standard InChI is InChI=1S/C22H22O2/c1-2-7-16(8-3-1)14-23-15-22-13-17-9-6-11-18(17)21(24-22)19-10-4-5-12-20(19)22/h1-5,7-8,10,12-13,18,21H,6,9,11,14-15H2/t18-,21-,22-/m0/s1. The number of rotatable bonds is 4. The molecule has 0 amide bonds. The van der Waals surface area contributed by atoms with E-state index in [1.807, 2.05) is 6.07 Å². The Hall–Kier alpha value is -1.90. The third kappa shape index (κ3) is 2.17. The van der Waals surface area contributed by atoms with Crippen LogP contribution in [0, 0.1) is 5.92 Å².